The average Bonchev–Trinajstić information content (AvgIpc) is 1.74. The van der Waals surface area contributed by atoms with E-state index >= 15 is 0 Å². The second-order valence-electron chi connectivity index (χ2n) is 5.84. The van der Waals surface area contributed by atoms with E-state index in [-0.39, 0.29) is 11.2 Å². The van der Waals surface area contributed by atoms with Crippen LogP contribution in [0.5, 0.6) is 0 Å². The smallest absolute Gasteiger partial charge is 0.212 e. The van der Waals surface area contributed by atoms with Crippen LogP contribution >= 0.6 is 0 Å². The van der Waals surface area contributed by atoms with Gasteiger partial charge in [0.1, 0.15) is 0 Å². The molecule has 0 aliphatic rings. The van der Waals surface area contributed by atoms with Crippen LogP contribution in [0.4, 0.5) is 0 Å². The first-order chi connectivity index (χ1) is 6.47. The molecule has 0 amide bonds. The summed E-state index contributed by atoms with van der Waals surface area (Å²) in [6.07, 6.45) is 0.635. The molecule has 0 aromatic carbocycles. The predicted molar refractivity (Wildman–Crippen MR) is 64.1 cm³/mol. The van der Waals surface area contributed by atoms with Gasteiger partial charge < -0.3 is 5.73 Å². The van der Waals surface area contributed by atoms with Crippen molar-refractivity contribution < 1.29 is 8.42 Å². The van der Waals surface area contributed by atoms with Crippen LogP contribution in [-0.2, 0) is 10.0 Å². The van der Waals surface area contributed by atoms with Crippen LogP contribution < -0.4 is 10.5 Å². The first-order valence-corrected chi connectivity index (χ1v) is 6.84. The number of nitrogens with two attached hydrogens (primary N) is 1. The van der Waals surface area contributed by atoms with Crippen LogP contribution in [0.2, 0.25) is 0 Å². The number of nitrogens with one attached hydrogen (secondary N) is 1. The summed E-state index contributed by atoms with van der Waals surface area (Å²) >= 11 is 0. The van der Waals surface area contributed by atoms with Crippen molar-refractivity contribution in [3.8, 4) is 0 Å². The Balaban J connectivity index is 4.52. The van der Waals surface area contributed by atoms with E-state index in [9.17, 15) is 8.42 Å². The molecule has 0 bridgehead atoms. The molecule has 3 N–H and O–H groups in total. The average molecular weight is 236 g/mol. The highest BCUT2D eigenvalue weighted by atomic mass is 32.2. The van der Waals surface area contributed by atoms with Gasteiger partial charge >= 0.3 is 0 Å². The molecule has 0 aliphatic heterocycles. The quantitative estimate of drug-likeness (QED) is 0.750. The molecule has 0 radical (unpaired) electrons. The fourth-order valence-electron chi connectivity index (χ4n) is 1.44. The molecule has 0 unspecified atom stereocenters. The highest BCUT2D eigenvalue weighted by molar-refractivity contribution is 7.89. The van der Waals surface area contributed by atoms with Crippen LogP contribution in [0, 0.1) is 5.41 Å². The van der Waals surface area contributed by atoms with E-state index in [0.717, 1.165) is 0 Å². The Morgan fingerprint density at radius 2 is 1.60 bits per heavy atom. The summed E-state index contributed by atoms with van der Waals surface area (Å²) in [5.74, 6) is 0.133. The molecule has 0 aromatic rings. The summed E-state index contributed by atoms with van der Waals surface area (Å²) < 4.78 is 26.3. The fraction of sp³-hybridized carbons (Fsp3) is 1.00. The summed E-state index contributed by atoms with van der Waals surface area (Å²) in [6, 6.07) is 0. The van der Waals surface area contributed by atoms with Crippen molar-refractivity contribution in [1.82, 2.24) is 4.72 Å². The molecule has 0 rings (SSSR count). The molecule has 0 heterocycles. The van der Waals surface area contributed by atoms with Crippen LogP contribution in [0.25, 0.3) is 0 Å². The number of sulfonamides is 1. The van der Waals surface area contributed by atoms with Crippen molar-refractivity contribution >= 4 is 10.0 Å². The van der Waals surface area contributed by atoms with Crippen molar-refractivity contribution in [2.45, 2.75) is 46.6 Å². The third-order valence-electron chi connectivity index (χ3n) is 1.82. The van der Waals surface area contributed by atoms with Gasteiger partial charge in [-0.25, -0.2) is 13.1 Å². The third kappa shape index (κ3) is 7.76. The van der Waals surface area contributed by atoms with E-state index in [0.29, 0.717) is 13.0 Å². The molecule has 0 spiro atoms. The van der Waals surface area contributed by atoms with Crippen LogP contribution in [-0.4, -0.2) is 26.3 Å². The van der Waals surface area contributed by atoms with Gasteiger partial charge in [0, 0.05) is 5.54 Å². The number of hydrogen-bond donors (Lipinski definition) is 2. The summed E-state index contributed by atoms with van der Waals surface area (Å²) in [7, 11) is -3.22. The molecule has 0 atom stereocenters. The van der Waals surface area contributed by atoms with Crippen molar-refractivity contribution in [2.75, 3.05) is 12.3 Å². The number of rotatable bonds is 5. The topological polar surface area (TPSA) is 72.2 Å². The van der Waals surface area contributed by atoms with Gasteiger partial charge in [0.25, 0.3) is 0 Å². The monoisotopic (exact) mass is 236 g/mol. The zero-order valence-electron chi connectivity index (χ0n) is 10.4. The van der Waals surface area contributed by atoms with Crippen molar-refractivity contribution in [1.29, 1.82) is 0 Å². The zero-order chi connectivity index (χ0) is 12.3. The van der Waals surface area contributed by atoms with Gasteiger partial charge in [0.05, 0.1) is 5.75 Å². The highest BCUT2D eigenvalue weighted by Crippen LogP contribution is 2.17. The maximum atomic E-state index is 11.8. The van der Waals surface area contributed by atoms with Gasteiger partial charge in [-0.1, -0.05) is 20.8 Å². The Kier molecular flexibility index (Phi) is 4.76. The van der Waals surface area contributed by atoms with Gasteiger partial charge in [-0.2, -0.15) is 0 Å². The van der Waals surface area contributed by atoms with E-state index in [1.165, 1.54) is 0 Å². The van der Waals surface area contributed by atoms with E-state index < -0.39 is 15.6 Å². The van der Waals surface area contributed by atoms with E-state index in [1.54, 1.807) is 0 Å². The van der Waals surface area contributed by atoms with E-state index in [2.05, 4.69) is 4.72 Å². The van der Waals surface area contributed by atoms with E-state index in [4.69, 9.17) is 5.73 Å². The minimum absolute atomic E-state index is 0.133. The lowest BCUT2D eigenvalue weighted by Gasteiger charge is -2.27. The minimum Gasteiger partial charge on any atom is -0.330 e. The summed E-state index contributed by atoms with van der Waals surface area (Å²) in [6.45, 7) is 9.89. The first-order valence-electron chi connectivity index (χ1n) is 5.19. The molecule has 0 fully saturated rings. The van der Waals surface area contributed by atoms with E-state index in [1.807, 2.05) is 34.6 Å². The largest absolute Gasteiger partial charge is 0.330 e. The first kappa shape index (κ1) is 14.9. The molecule has 0 aromatic heterocycles. The maximum absolute atomic E-state index is 11.8. The van der Waals surface area contributed by atoms with Crippen LogP contribution in [0.1, 0.15) is 41.0 Å². The molecule has 0 saturated carbocycles. The second kappa shape index (κ2) is 4.80. The van der Waals surface area contributed by atoms with Crippen LogP contribution in [0.3, 0.4) is 0 Å². The van der Waals surface area contributed by atoms with Crippen LogP contribution in [0.15, 0.2) is 0 Å². The Morgan fingerprint density at radius 3 is 1.93 bits per heavy atom. The Morgan fingerprint density at radius 1 is 1.13 bits per heavy atom. The zero-order valence-corrected chi connectivity index (χ0v) is 11.2. The highest BCUT2D eigenvalue weighted by Gasteiger charge is 2.27. The molecule has 4 nitrogen and oxygen atoms in total. The normalized spacial score (nSPS) is 14.3. The Labute approximate surface area is 93.7 Å². The summed E-state index contributed by atoms with van der Waals surface area (Å²) in [4.78, 5) is 0. The molecule has 0 aliphatic carbocycles. The summed E-state index contributed by atoms with van der Waals surface area (Å²) in [5, 5.41) is 0. The lowest BCUT2D eigenvalue weighted by atomic mass is 10.0. The summed E-state index contributed by atoms with van der Waals surface area (Å²) in [5.41, 5.74) is 4.73. The Bertz CT molecular complexity index is 289. The lowest BCUT2D eigenvalue weighted by molar-refractivity contribution is 0.412. The minimum atomic E-state index is -3.22. The molecular weight excluding hydrogens is 212 g/mol. The maximum Gasteiger partial charge on any atom is 0.212 e. The molecule has 92 valence electrons. The van der Waals surface area contributed by atoms with Crippen molar-refractivity contribution in [2.24, 2.45) is 11.1 Å². The molecule has 0 saturated heterocycles. The van der Waals surface area contributed by atoms with Crippen molar-refractivity contribution in [3.63, 3.8) is 0 Å². The third-order valence-corrected chi connectivity index (χ3v) is 3.93. The van der Waals surface area contributed by atoms with Gasteiger partial charge in [-0.3, -0.25) is 0 Å². The number of hydrogen-bond acceptors (Lipinski definition) is 3. The van der Waals surface area contributed by atoms with Gasteiger partial charge in [-0.05, 0) is 32.2 Å². The van der Waals surface area contributed by atoms with Gasteiger partial charge in [0.15, 0.2) is 0 Å². The molecular formula is C10H24N2O2S. The standard InChI is InChI=1S/C10H24N2O2S/c1-9(2,3)8-15(13,14)12-10(4,5)6-7-11/h12H,6-8,11H2,1-5H3. The van der Waals surface area contributed by atoms with Crippen molar-refractivity contribution in [3.05, 3.63) is 0 Å². The molecule has 15 heavy (non-hydrogen) atoms. The van der Waals surface area contributed by atoms with Gasteiger partial charge in [0.2, 0.25) is 10.0 Å². The second-order valence-corrected chi connectivity index (χ2v) is 7.57. The predicted octanol–water partition coefficient (Wildman–Crippen LogP) is 1.08. The lowest BCUT2D eigenvalue weighted by Crippen LogP contribution is -2.47. The fourth-order valence-corrected chi connectivity index (χ4v) is 3.60. The SMILES string of the molecule is CC(C)(C)CS(=O)(=O)NC(C)(C)CCN. The van der Waals surface area contributed by atoms with Gasteiger partial charge in [-0.15, -0.1) is 0 Å². The molecule has 5 heteroatoms. The Hall–Kier alpha value is -0.130.